The van der Waals surface area contributed by atoms with Crippen LogP contribution in [0.5, 0.6) is 5.75 Å². The van der Waals surface area contributed by atoms with Crippen LogP contribution in [0, 0.1) is 10.1 Å². The van der Waals surface area contributed by atoms with Gasteiger partial charge in [-0.15, -0.1) is 5.10 Å². The Morgan fingerprint density at radius 3 is 2.45 bits per heavy atom. The van der Waals surface area contributed by atoms with E-state index in [0.717, 1.165) is 21.7 Å². The number of rotatable bonds is 11. The van der Waals surface area contributed by atoms with Gasteiger partial charge in [0.2, 0.25) is 5.13 Å². The van der Waals surface area contributed by atoms with Gasteiger partial charge >= 0.3 is 5.97 Å². The number of benzene rings is 3. The zero-order valence-electron chi connectivity index (χ0n) is 22.0. The van der Waals surface area contributed by atoms with Gasteiger partial charge in [-0.1, -0.05) is 46.9 Å². The third kappa shape index (κ3) is 6.14. The van der Waals surface area contributed by atoms with Crippen molar-refractivity contribution in [3.63, 3.8) is 0 Å². The molecule has 0 radical (unpaired) electrons. The number of nitro groups is 1. The average molecular weight is 586 g/mol. The van der Waals surface area contributed by atoms with E-state index in [1.807, 2.05) is 48.5 Å². The summed E-state index contributed by atoms with van der Waals surface area (Å²) in [5.74, 6) is -0.639. The minimum Gasteiger partial charge on any atom is -0.497 e. The molecule has 0 unspecified atom stereocenters. The highest BCUT2D eigenvalue weighted by Gasteiger charge is 2.20. The quantitative estimate of drug-likeness (QED) is 0.113. The molecule has 212 valence electrons. The summed E-state index contributed by atoms with van der Waals surface area (Å²) in [6, 6.07) is 20.8. The number of para-hydroxylation sites is 1. The summed E-state index contributed by atoms with van der Waals surface area (Å²) in [7, 11) is 1.58. The third-order valence-electron chi connectivity index (χ3n) is 6.17. The van der Waals surface area contributed by atoms with Gasteiger partial charge in [0.15, 0.2) is 0 Å². The fraction of sp³-hybridized carbons (Fsp3) is 0.107. The van der Waals surface area contributed by atoms with Gasteiger partial charge in [-0.25, -0.2) is 14.5 Å². The van der Waals surface area contributed by atoms with Crippen LogP contribution in [-0.2, 0) is 17.8 Å². The number of hydrogen-bond donors (Lipinski definition) is 3. The molecule has 0 fully saturated rings. The molecule has 5 rings (SSSR count). The lowest BCUT2D eigenvalue weighted by atomic mass is 10.1. The van der Waals surface area contributed by atoms with Gasteiger partial charge in [0.25, 0.3) is 5.69 Å². The zero-order valence-corrected chi connectivity index (χ0v) is 22.9. The molecule has 0 aliphatic heterocycles. The number of carboxylic acid groups (broad SMARTS) is 1. The number of aliphatic carboxylic acids is 1. The molecule has 0 aliphatic rings. The van der Waals surface area contributed by atoms with Crippen LogP contribution in [0.25, 0.3) is 27.4 Å². The number of nitro benzene ring substituents is 1. The largest absolute Gasteiger partial charge is 0.497 e. The molecule has 3 N–H and O–H groups in total. The number of nitrogens with one attached hydrogen (secondary N) is 1. The lowest BCUT2D eigenvalue weighted by Gasteiger charge is -2.06. The number of anilines is 1. The fourth-order valence-electron chi connectivity index (χ4n) is 4.07. The van der Waals surface area contributed by atoms with E-state index in [1.165, 1.54) is 29.5 Å². The van der Waals surface area contributed by atoms with Crippen LogP contribution in [0.2, 0.25) is 0 Å². The van der Waals surface area contributed by atoms with Crippen molar-refractivity contribution < 1.29 is 24.7 Å². The fourth-order valence-corrected chi connectivity index (χ4v) is 5.00. The van der Waals surface area contributed by atoms with Crippen molar-refractivity contribution >= 4 is 33.8 Å². The standard InChI is InChI=1S/C28H23N7O6S/c1-41-22-12-8-17(9-13-22)25-26(18-6-10-21(11-7-18)34-15-20(16-36)30-33-34)42-28(29-25)32-31-23(27(37)38)14-19-4-2-3-5-24(19)35(39)40/h2-13,15,36H,14,16H2,1H3,(H,29,32)(H,37,38)/b31-23+. The Labute approximate surface area is 242 Å². The summed E-state index contributed by atoms with van der Waals surface area (Å²) in [5.41, 5.74) is 5.91. The van der Waals surface area contributed by atoms with E-state index in [0.29, 0.717) is 22.3 Å². The molecule has 13 nitrogen and oxygen atoms in total. The summed E-state index contributed by atoms with van der Waals surface area (Å²) in [4.78, 5) is 28.3. The van der Waals surface area contributed by atoms with E-state index >= 15 is 0 Å². The van der Waals surface area contributed by atoms with Gasteiger partial charge in [0.05, 0.1) is 41.1 Å². The molecule has 0 aliphatic carbocycles. The molecule has 5 aromatic rings. The number of hydrogen-bond acceptors (Lipinski definition) is 11. The number of carboxylic acids is 1. The Balaban J connectivity index is 1.48. The van der Waals surface area contributed by atoms with Crippen LogP contribution in [0.1, 0.15) is 11.3 Å². The smallest absolute Gasteiger partial charge is 0.352 e. The molecule has 3 aromatic carbocycles. The number of nitrogens with zero attached hydrogens (tertiary/aromatic N) is 6. The topological polar surface area (TPSA) is 178 Å². The Bertz CT molecular complexity index is 1760. The molecular formula is C28H23N7O6S. The predicted molar refractivity (Wildman–Crippen MR) is 156 cm³/mol. The summed E-state index contributed by atoms with van der Waals surface area (Å²) < 4.78 is 6.83. The number of aliphatic hydroxyl groups excluding tert-OH is 1. The van der Waals surface area contributed by atoms with Crippen LogP contribution < -0.4 is 10.2 Å². The summed E-state index contributed by atoms with van der Waals surface area (Å²) in [6.07, 6.45) is 1.37. The highest BCUT2D eigenvalue weighted by Crippen LogP contribution is 2.39. The minimum absolute atomic E-state index is 0.188. The number of methoxy groups -OCH3 is 1. The van der Waals surface area contributed by atoms with Gasteiger partial charge in [0, 0.05) is 23.6 Å². The third-order valence-corrected chi connectivity index (χ3v) is 7.18. The van der Waals surface area contributed by atoms with Crippen molar-refractivity contribution in [3.05, 3.63) is 100 Å². The first-order chi connectivity index (χ1) is 20.4. The highest BCUT2D eigenvalue weighted by atomic mass is 32.1. The van der Waals surface area contributed by atoms with Gasteiger partial charge in [0.1, 0.15) is 17.2 Å². The van der Waals surface area contributed by atoms with Gasteiger partial charge in [-0.05, 0) is 42.0 Å². The maximum Gasteiger partial charge on any atom is 0.352 e. The Morgan fingerprint density at radius 2 is 1.81 bits per heavy atom. The molecular weight excluding hydrogens is 562 g/mol. The van der Waals surface area contributed by atoms with Gasteiger partial charge < -0.3 is 14.9 Å². The van der Waals surface area contributed by atoms with Crippen molar-refractivity contribution in [3.8, 4) is 33.1 Å². The van der Waals surface area contributed by atoms with E-state index in [9.17, 15) is 25.1 Å². The number of hydrazone groups is 1. The number of carbonyl (C=O) groups is 1. The molecule has 0 atom stereocenters. The number of ether oxygens (including phenoxy) is 1. The molecule has 42 heavy (non-hydrogen) atoms. The van der Waals surface area contributed by atoms with E-state index < -0.39 is 10.9 Å². The number of aliphatic hydroxyl groups is 1. The van der Waals surface area contributed by atoms with Crippen molar-refractivity contribution in [2.45, 2.75) is 13.0 Å². The van der Waals surface area contributed by atoms with Crippen molar-refractivity contribution in [2.24, 2.45) is 5.10 Å². The van der Waals surface area contributed by atoms with E-state index in [2.05, 4.69) is 20.8 Å². The lowest BCUT2D eigenvalue weighted by Crippen LogP contribution is -2.18. The number of thiazole rings is 1. The minimum atomic E-state index is -1.32. The van der Waals surface area contributed by atoms with Crippen LogP contribution in [-0.4, -0.2) is 53.9 Å². The molecule has 0 saturated carbocycles. The van der Waals surface area contributed by atoms with Crippen molar-refractivity contribution in [1.29, 1.82) is 0 Å². The second kappa shape index (κ2) is 12.4. The Kier molecular flexibility index (Phi) is 8.27. The first-order valence-electron chi connectivity index (χ1n) is 12.4. The molecule has 2 aromatic heterocycles. The first kappa shape index (κ1) is 28.1. The Morgan fingerprint density at radius 1 is 1.10 bits per heavy atom. The maximum atomic E-state index is 12.0. The second-order valence-electron chi connectivity index (χ2n) is 8.82. The van der Waals surface area contributed by atoms with Gasteiger partial charge in [-0.2, -0.15) is 5.10 Å². The molecule has 2 heterocycles. The van der Waals surface area contributed by atoms with Crippen LogP contribution in [0.4, 0.5) is 10.8 Å². The predicted octanol–water partition coefficient (Wildman–Crippen LogP) is 4.56. The van der Waals surface area contributed by atoms with E-state index in [-0.39, 0.29) is 30.0 Å². The normalized spacial score (nSPS) is 11.3. The Hall–Kier alpha value is -5.47. The van der Waals surface area contributed by atoms with Crippen molar-refractivity contribution in [2.75, 3.05) is 12.5 Å². The van der Waals surface area contributed by atoms with Crippen molar-refractivity contribution in [1.82, 2.24) is 20.0 Å². The van der Waals surface area contributed by atoms with Crippen LogP contribution in [0.3, 0.4) is 0 Å². The molecule has 0 saturated heterocycles. The molecule has 14 heteroatoms. The zero-order chi connectivity index (χ0) is 29.6. The van der Waals surface area contributed by atoms with Crippen LogP contribution in [0.15, 0.2) is 84.1 Å². The average Bonchev–Trinajstić information content (AvgIpc) is 3.67. The number of aromatic nitrogens is 4. The SMILES string of the molecule is COc1ccc(-c2nc(N/N=C(\Cc3ccccc3[N+](=O)[O-])C(=O)O)sc2-c2ccc(-n3cc(CO)nn3)cc2)cc1. The molecule has 0 amide bonds. The summed E-state index contributed by atoms with van der Waals surface area (Å²) in [5, 5.41) is 42.7. The van der Waals surface area contributed by atoms with E-state index in [1.54, 1.807) is 24.1 Å². The summed E-state index contributed by atoms with van der Waals surface area (Å²) in [6.45, 7) is -0.214. The van der Waals surface area contributed by atoms with Crippen LogP contribution >= 0.6 is 11.3 Å². The molecule has 0 bridgehead atoms. The maximum absolute atomic E-state index is 12.0. The monoisotopic (exact) mass is 585 g/mol. The van der Waals surface area contributed by atoms with E-state index in [4.69, 9.17) is 9.72 Å². The molecule has 0 spiro atoms. The second-order valence-corrected chi connectivity index (χ2v) is 9.82. The highest BCUT2D eigenvalue weighted by molar-refractivity contribution is 7.19. The first-order valence-corrected chi connectivity index (χ1v) is 13.2. The lowest BCUT2D eigenvalue weighted by molar-refractivity contribution is -0.385. The summed E-state index contributed by atoms with van der Waals surface area (Å²) >= 11 is 1.27. The van der Waals surface area contributed by atoms with Gasteiger partial charge in [-0.3, -0.25) is 15.5 Å².